The molecular formula is C19H22N2O5. The molecule has 0 aliphatic heterocycles. The minimum Gasteiger partial charge on any atom is -0.493 e. The molecule has 138 valence electrons. The highest BCUT2D eigenvalue weighted by atomic mass is 16.5. The Morgan fingerprint density at radius 3 is 2.08 bits per heavy atom. The van der Waals surface area contributed by atoms with E-state index in [9.17, 15) is 9.59 Å². The fraction of sp³-hybridized carbons (Fsp3) is 0.263. The Kier molecular flexibility index (Phi) is 6.06. The van der Waals surface area contributed by atoms with Gasteiger partial charge in [-0.15, -0.1) is 0 Å². The number of nitrogens with zero attached hydrogens (tertiary/aromatic N) is 1. The molecule has 2 aromatic rings. The van der Waals surface area contributed by atoms with E-state index < -0.39 is 0 Å². The fourth-order valence-corrected chi connectivity index (χ4v) is 2.39. The molecule has 0 unspecified atom stereocenters. The van der Waals surface area contributed by atoms with E-state index in [2.05, 4.69) is 5.32 Å². The lowest BCUT2D eigenvalue weighted by atomic mass is 10.1. The van der Waals surface area contributed by atoms with Crippen LogP contribution in [0.25, 0.3) is 0 Å². The quantitative estimate of drug-likeness (QED) is 0.859. The van der Waals surface area contributed by atoms with Gasteiger partial charge >= 0.3 is 0 Å². The van der Waals surface area contributed by atoms with Crippen LogP contribution in [-0.2, 0) is 4.79 Å². The van der Waals surface area contributed by atoms with Gasteiger partial charge in [0.1, 0.15) is 0 Å². The van der Waals surface area contributed by atoms with Gasteiger partial charge in [0, 0.05) is 30.9 Å². The average molecular weight is 358 g/mol. The van der Waals surface area contributed by atoms with Crippen molar-refractivity contribution in [3.63, 3.8) is 0 Å². The number of anilines is 2. The lowest BCUT2D eigenvalue weighted by Crippen LogP contribution is -2.23. The monoisotopic (exact) mass is 358 g/mol. The topological polar surface area (TPSA) is 77.1 Å². The van der Waals surface area contributed by atoms with E-state index >= 15 is 0 Å². The van der Waals surface area contributed by atoms with Crippen LogP contribution < -0.4 is 24.4 Å². The number of ether oxygens (including phenoxy) is 3. The smallest absolute Gasteiger partial charge is 0.255 e. The van der Waals surface area contributed by atoms with E-state index in [-0.39, 0.29) is 11.8 Å². The summed E-state index contributed by atoms with van der Waals surface area (Å²) in [5, 5.41) is 2.80. The number of amides is 2. The van der Waals surface area contributed by atoms with Gasteiger partial charge in [0.2, 0.25) is 11.7 Å². The molecule has 0 heterocycles. The number of benzene rings is 2. The third kappa shape index (κ3) is 4.05. The number of methoxy groups -OCH3 is 3. The van der Waals surface area contributed by atoms with E-state index in [1.165, 1.54) is 33.2 Å². The van der Waals surface area contributed by atoms with Crippen molar-refractivity contribution < 1.29 is 23.8 Å². The van der Waals surface area contributed by atoms with Gasteiger partial charge in [-0.2, -0.15) is 0 Å². The van der Waals surface area contributed by atoms with Gasteiger partial charge in [0.25, 0.3) is 5.91 Å². The van der Waals surface area contributed by atoms with Crippen molar-refractivity contribution in [1.29, 1.82) is 0 Å². The summed E-state index contributed by atoms with van der Waals surface area (Å²) >= 11 is 0. The fourth-order valence-electron chi connectivity index (χ4n) is 2.39. The summed E-state index contributed by atoms with van der Waals surface area (Å²) in [4.78, 5) is 25.6. The molecule has 2 amide bonds. The molecule has 1 N–H and O–H groups in total. The summed E-state index contributed by atoms with van der Waals surface area (Å²) in [5.41, 5.74) is 1.60. The Morgan fingerprint density at radius 1 is 0.962 bits per heavy atom. The largest absolute Gasteiger partial charge is 0.493 e. The minimum atomic E-state index is -0.341. The molecule has 0 aliphatic carbocycles. The first-order valence-corrected chi connectivity index (χ1v) is 7.87. The summed E-state index contributed by atoms with van der Waals surface area (Å²) in [6.45, 7) is 1.47. The van der Waals surface area contributed by atoms with Crippen LogP contribution in [0, 0.1) is 0 Å². The van der Waals surface area contributed by atoms with E-state index in [0.717, 1.165) is 0 Å². The Balaban J connectivity index is 2.30. The zero-order valence-corrected chi connectivity index (χ0v) is 15.5. The molecule has 7 nitrogen and oxygen atoms in total. The van der Waals surface area contributed by atoms with Gasteiger partial charge in [0.15, 0.2) is 11.5 Å². The first-order chi connectivity index (χ1) is 12.4. The number of hydrogen-bond donors (Lipinski definition) is 1. The third-order valence-corrected chi connectivity index (χ3v) is 3.89. The summed E-state index contributed by atoms with van der Waals surface area (Å²) < 4.78 is 15.8. The highest BCUT2D eigenvalue weighted by Gasteiger charge is 2.17. The van der Waals surface area contributed by atoms with Crippen molar-refractivity contribution in [2.24, 2.45) is 0 Å². The summed E-state index contributed by atoms with van der Waals surface area (Å²) in [7, 11) is 6.14. The van der Waals surface area contributed by atoms with Crippen LogP contribution >= 0.6 is 0 Å². The summed E-state index contributed by atoms with van der Waals surface area (Å²) in [6, 6.07) is 10.2. The molecule has 0 aliphatic rings. The van der Waals surface area contributed by atoms with E-state index in [1.54, 1.807) is 43.4 Å². The molecule has 0 saturated heterocycles. The number of hydrogen-bond acceptors (Lipinski definition) is 5. The molecule has 7 heteroatoms. The van der Waals surface area contributed by atoms with Gasteiger partial charge in [-0.1, -0.05) is 6.07 Å². The Labute approximate surface area is 152 Å². The van der Waals surface area contributed by atoms with Crippen LogP contribution in [0.5, 0.6) is 17.2 Å². The van der Waals surface area contributed by atoms with Gasteiger partial charge in [-0.25, -0.2) is 0 Å². The van der Waals surface area contributed by atoms with Gasteiger partial charge < -0.3 is 24.4 Å². The van der Waals surface area contributed by atoms with Crippen molar-refractivity contribution >= 4 is 23.2 Å². The molecule has 0 bridgehead atoms. The zero-order valence-electron chi connectivity index (χ0n) is 15.5. The van der Waals surface area contributed by atoms with Crippen molar-refractivity contribution in [3.8, 4) is 17.2 Å². The lowest BCUT2D eigenvalue weighted by molar-refractivity contribution is -0.116. The Hall–Kier alpha value is -3.22. The highest BCUT2D eigenvalue weighted by molar-refractivity contribution is 6.05. The van der Waals surface area contributed by atoms with Crippen molar-refractivity contribution in [2.45, 2.75) is 6.92 Å². The predicted octanol–water partition coefficient (Wildman–Crippen LogP) is 2.95. The first kappa shape index (κ1) is 19.1. The van der Waals surface area contributed by atoms with Crippen LogP contribution in [0.1, 0.15) is 17.3 Å². The van der Waals surface area contributed by atoms with Gasteiger partial charge in [-0.3, -0.25) is 9.59 Å². The maximum Gasteiger partial charge on any atom is 0.255 e. The Morgan fingerprint density at radius 2 is 1.58 bits per heavy atom. The molecule has 0 aromatic heterocycles. The van der Waals surface area contributed by atoms with Crippen LogP contribution in [-0.4, -0.2) is 40.2 Å². The normalized spacial score (nSPS) is 10.0. The number of nitrogens with one attached hydrogen (secondary N) is 1. The number of rotatable bonds is 6. The molecule has 26 heavy (non-hydrogen) atoms. The molecular weight excluding hydrogens is 336 g/mol. The zero-order chi connectivity index (χ0) is 19.3. The van der Waals surface area contributed by atoms with Crippen LogP contribution in [0.4, 0.5) is 11.4 Å². The summed E-state index contributed by atoms with van der Waals surface area (Å²) in [6.07, 6.45) is 0. The molecule has 0 atom stereocenters. The van der Waals surface area contributed by atoms with Crippen LogP contribution in [0.3, 0.4) is 0 Å². The third-order valence-electron chi connectivity index (χ3n) is 3.89. The first-order valence-electron chi connectivity index (χ1n) is 7.87. The molecule has 0 fully saturated rings. The minimum absolute atomic E-state index is 0.0990. The standard InChI is InChI=1S/C19H22N2O5/c1-12(22)21(2)15-8-6-7-14(11-15)20-19(23)13-9-16(24-3)18(26-5)17(10-13)25-4/h6-11H,1-5H3,(H,20,23). The molecule has 0 spiro atoms. The molecule has 0 radical (unpaired) electrons. The second kappa shape index (κ2) is 8.24. The lowest BCUT2D eigenvalue weighted by Gasteiger charge is -2.17. The van der Waals surface area contributed by atoms with Crippen molar-refractivity contribution in [1.82, 2.24) is 0 Å². The second-order valence-electron chi connectivity index (χ2n) is 5.50. The van der Waals surface area contributed by atoms with E-state index in [0.29, 0.717) is 34.2 Å². The van der Waals surface area contributed by atoms with Crippen molar-refractivity contribution in [3.05, 3.63) is 42.0 Å². The Bertz CT molecular complexity index is 794. The predicted molar refractivity (Wildman–Crippen MR) is 99.6 cm³/mol. The maximum absolute atomic E-state index is 12.6. The molecule has 2 rings (SSSR count). The van der Waals surface area contributed by atoms with Crippen molar-refractivity contribution in [2.75, 3.05) is 38.6 Å². The summed E-state index contributed by atoms with van der Waals surface area (Å²) in [5.74, 6) is 0.755. The number of carbonyl (C=O) groups excluding carboxylic acids is 2. The molecule has 2 aromatic carbocycles. The highest BCUT2D eigenvalue weighted by Crippen LogP contribution is 2.38. The van der Waals surface area contributed by atoms with Gasteiger partial charge in [0.05, 0.1) is 21.3 Å². The maximum atomic E-state index is 12.6. The average Bonchev–Trinajstić information content (AvgIpc) is 2.65. The van der Waals surface area contributed by atoms with Crippen LogP contribution in [0.15, 0.2) is 36.4 Å². The van der Waals surface area contributed by atoms with Crippen LogP contribution in [0.2, 0.25) is 0 Å². The van der Waals surface area contributed by atoms with Gasteiger partial charge in [-0.05, 0) is 30.3 Å². The molecule has 0 saturated carbocycles. The number of carbonyl (C=O) groups is 2. The second-order valence-corrected chi connectivity index (χ2v) is 5.50. The van der Waals surface area contributed by atoms with E-state index in [1.807, 2.05) is 0 Å². The SMILES string of the molecule is COc1cc(C(=O)Nc2cccc(N(C)C(C)=O)c2)cc(OC)c1OC. The van der Waals surface area contributed by atoms with E-state index in [4.69, 9.17) is 14.2 Å².